The second-order valence-electron chi connectivity index (χ2n) is 5.96. The number of hydrogen-bond donors (Lipinski definition) is 5. The van der Waals surface area contributed by atoms with Gasteiger partial charge in [-0.15, -0.1) is 0 Å². The van der Waals surface area contributed by atoms with Crippen LogP contribution in [0.25, 0.3) is 0 Å². The molecule has 0 aliphatic carbocycles. The van der Waals surface area contributed by atoms with E-state index in [4.69, 9.17) is 28.7 Å². The van der Waals surface area contributed by atoms with E-state index in [1.807, 2.05) is 19.1 Å². The second kappa shape index (κ2) is 6.62. The van der Waals surface area contributed by atoms with Crippen molar-refractivity contribution < 1.29 is 0 Å². The summed E-state index contributed by atoms with van der Waals surface area (Å²) in [5.74, 6) is 0. The molecule has 1 heterocycles. The highest BCUT2D eigenvalue weighted by atomic mass is 15.2. The second-order valence-corrected chi connectivity index (χ2v) is 5.96. The Bertz CT molecular complexity index is 459. The van der Waals surface area contributed by atoms with Crippen LogP contribution < -0.4 is 33.6 Å². The van der Waals surface area contributed by atoms with Crippen molar-refractivity contribution in [3.63, 3.8) is 0 Å². The van der Waals surface area contributed by atoms with E-state index in [-0.39, 0.29) is 24.2 Å². The monoisotopic (exact) mass is 292 g/mol. The van der Waals surface area contributed by atoms with Gasteiger partial charge in [0.25, 0.3) is 0 Å². The van der Waals surface area contributed by atoms with E-state index < -0.39 is 0 Å². The summed E-state index contributed by atoms with van der Waals surface area (Å²) in [5, 5.41) is 0. The van der Waals surface area contributed by atoms with Crippen molar-refractivity contribution in [1.82, 2.24) is 0 Å². The van der Waals surface area contributed by atoms with Crippen molar-refractivity contribution in [3.8, 4) is 0 Å². The number of rotatable bonds is 5. The topological polar surface area (TPSA) is 133 Å². The van der Waals surface area contributed by atoms with Crippen LogP contribution in [0.4, 0.5) is 11.4 Å². The van der Waals surface area contributed by atoms with Gasteiger partial charge in [0.15, 0.2) is 0 Å². The van der Waals surface area contributed by atoms with Gasteiger partial charge in [0, 0.05) is 48.6 Å². The lowest BCUT2D eigenvalue weighted by Gasteiger charge is -2.37. The van der Waals surface area contributed by atoms with Crippen molar-refractivity contribution in [2.24, 2.45) is 22.9 Å². The molecule has 6 heteroatoms. The summed E-state index contributed by atoms with van der Waals surface area (Å²) in [6, 6.07) is 6.30. The van der Waals surface area contributed by atoms with Crippen molar-refractivity contribution >= 4 is 11.4 Å². The first-order chi connectivity index (χ1) is 9.99. The Kier molecular flexibility index (Phi) is 5.05. The van der Waals surface area contributed by atoms with Crippen LogP contribution in [0.3, 0.4) is 0 Å². The van der Waals surface area contributed by atoms with Gasteiger partial charge in [-0.05, 0) is 43.5 Å². The molecular formula is C15H28N6. The smallest absolute Gasteiger partial charge is 0.0458 e. The molecule has 0 amide bonds. The Labute approximate surface area is 126 Å². The largest absolute Gasteiger partial charge is 0.399 e. The molecule has 0 radical (unpaired) electrons. The SMILES string of the molecule is Cc1cc(N2C(C(N)CN)CCC2C(N)CN)ccc1N. The van der Waals surface area contributed by atoms with E-state index in [2.05, 4.69) is 11.0 Å². The zero-order chi connectivity index (χ0) is 15.6. The molecule has 118 valence electrons. The molecule has 1 aromatic rings. The third kappa shape index (κ3) is 3.13. The molecule has 4 atom stereocenters. The van der Waals surface area contributed by atoms with Crippen molar-refractivity contribution in [1.29, 1.82) is 0 Å². The first-order valence-electron chi connectivity index (χ1n) is 7.55. The zero-order valence-corrected chi connectivity index (χ0v) is 12.7. The Morgan fingerprint density at radius 2 is 1.62 bits per heavy atom. The summed E-state index contributed by atoms with van der Waals surface area (Å²) < 4.78 is 0. The molecule has 10 N–H and O–H groups in total. The third-order valence-corrected chi connectivity index (χ3v) is 4.56. The molecule has 2 rings (SSSR count). The Morgan fingerprint density at radius 3 is 2.05 bits per heavy atom. The molecular weight excluding hydrogens is 264 g/mol. The fourth-order valence-electron chi connectivity index (χ4n) is 3.22. The van der Waals surface area contributed by atoms with Gasteiger partial charge < -0.3 is 33.6 Å². The Hall–Kier alpha value is -1.34. The highest BCUT2D eigenvalue weighted by Gasteiger charge is 2.39. The molecule has 0 aromatic heterocycles. The molecule has 0 saturated carbocycles. The van der Waals surface area contributed by atoms with E-state index in [0.717, 1.165) is 29.8 Å². The first kappa shape index (κ1) is 16.0. The third-order valence-electron chi connectivity index (χ3n) is 4.56. The minimum absolute atomic E-state index is 0.0715. The number of aryl methyl sites for hydroxylation is 1. The maximum absolute atomic E-state index is 6.21. The first-order valence-corrected chi connectivity index (χ1v) is 7.55. The number of nitrogens with two attached hydrogens (primary N) is 5. The van der Waals surface area contributed by atoms with Crippen molar-refractivity contribution in [2.75, 3.05) is 23.7 Å². The predicted molar refractivity (Wildman–Crippen MR) is 88.9 cm³/mol. The summed E-state index contributed by atoms with van der Waals surface area (Å²) in [6.07, 6.45) is 1.97. The summed E-state index contributed by atoms with van der Waals surface area (Å²) in [7, 11) is 0. The van der Waals surface area contributed by atoms with Crippen LogP contribution in [-0.4, -0.2) is 37.3 Å². The van der Waals surface area contributed by atoms with Gasteiger partial charge in [-0.1, -0.05) is 0 Å². The van der Waals surface area contributed by atoms with Gasteiger partial charge in [-0.25, -0.2) is 0 Å². The molecule has 1 fully saturated rings. The van der Waals surface area contributed by atoms with Crippen LogP contribution in [0, 0.1) is 6.92 Å². The van der Waals surface area contributed by atoms with Crippen molar-refractivity contribution in [2.45, 2.75) is 43.9 Å². The zero-order valence-electron chi connectivity index (χ0n) is 12.7. The lowest BCUT2D eigenvalue weighted by atomic mass is 10.1. The Balaban J connectivity index is 2.36. The van der Waals surface area contributed by atoms with Gasteiger partial charge >= 0.3 is 0 Å². The molecule has 21 heavy (non-hydrogen) atoms. The van der Waals surface area contributed by atoms with E-state index in [1.54, 1.807) is 0 Å². The van der Waals surface area contributed by atoms with E-state index in [0.29, 0.717) is 13.1 Å². The molecule has 1 aromatic carbocycles. The molecule has 1 aliphatic heterocycles. The predicted octanol–water partition coefficient (Wildman–Crippen LogP) is -0.513. The summed E-state index contributed by atoms with van der Waals surface area (Å²) in [5.41, 5.74) is 32.8. The molecule has 0 spiro atoms. The molecule has 1 aliphatic rings. The fraction of sp³-hybridized carbons (Fsp3) is 0.600. The van der Waals surface area contributed by atoms with Crippen LogP contribution >= 0.6 is 0 Å². The fourth-order valence-corrected chi connectivity index (χ4v) is 3.22. The van der Waals surface area contributed by atoms with Crippen LogP contribution in [0.5, 0.6) is 0 Å². The van der Waals surface area contributed by atoms with Crippen LogP contribution in [0.2, 0.25) is 0 Å². The normalized spacial score (nSPS) is 25.1. The number of nitrogens with zero attached hydrogens (tertiary/aromatic N) is 1. The van der Waals surface area contributed by atoms with Gasteiger partial charge in [0.1, 0.15) is 0 Å². The lowest BCUT2D eigenvalue weighted by Crippen LogP contribution is -2.55. The maximum atomic E-state index is 6.21. The van der Waals surface area contributed by atoms with Gasteiger partial charge in [0.2, 0.25) is 0 Å². The van der Waals surface area contributed by atoms with Crippen LogP contribution in [0.15, 0.2) is 18.2 Å². The van der Waals surface area contributed by atoms with E-state index >= 15 is 0 Å². The maximum Gasteiger partial charge on any atom is 0.0458 e. The van der Waals surface area contributed by atoms with E-state index in [9.17, 15) is 0 Å². The summed E-state index contributed by atoms with van der Waals surface area (Å²) >= 11 is 0. The average molecular weight is 292 g/mol. The Morgan fingerprint density at radius 1 is 1.10 bits per heavy atom. The quantitative estimate of drug-likeness (QED) is 0.464. The van der Waals surface area contributed by atoms with Crippen LogP contribution in [0.1, 0.15) is 18.4 Å². The van der Waals surface area contributed by atoms with Gasteiger partial charge in [-0.2, -0.15) is 0 Å². The number of nitrogen functional groups attached to an aromatic ring is 1. The number of hydrogen-bond acceptors (Lipinski definition) is 6. The van der Waals surface area contributed by atoms with Gasteiger partial charge in [0.05, 0.1) is 0 Å². The molecule has 6 nitrogen and oxygen atoms in total. The summed E-state index contributed by atoms with van der Waals surface area (Å²) in [4.78, 5) is 2.31. The minimum Gasteiger partial charge on any atom is -0.399 e. The van der Waals surface area contributed by atoms with E-state index in [1.165, 1.54) is 0 Å². The molecule has 1 saturated heterocycles. The minimum atomic E-state index is -0.0715. The van der Waals surface area contributed by atoms with Gasteiger partial charge in [-0.3, -0.25) is 0 Å². The van der Waals surface area contributed by atoms with Crippen LogP contribution in [-0.2, 0) is 0 Å². The highest BCUT2D eigenvalue weighted by Crippen LogP contribution is 2.34. The number of benzene rings is 1. The lowest BCUT2D eigenvalue weighted by molar-refractivity contribution is 0.488. The average Bonchev–Trinajstić information content (AvgIpc) is 2.93. The summed E-state index contributed by atoms with van der Waals surface area (Å²) in [6.45, 7) is 2.92. The van der Waals surface area contributed by atoms with Crippen molar-refractivity contribution in [3.05, 3.63) is 23.8 Å². The standard InChI is InChI=1S/C15H28N6/c1-9-6-10(2-3-11(9)18)21-14(12(19)7-16)4-5-15(21)13(20)8-17/h2-3,6,12-15H,4-5,7-8,16-20H2,1H3. The number of anilines is 2. The highest BCUT2D eigenvalue weighted by molar-refractivity contribution is 5.60. The molecule has 4 unspecified atom stereocenters. The molecule has 0 bridgehead atoms.